The second-order valence-corrected chi connectivity index (χ2v) is 7.54. The minimum Gasteiger partial charge on any atom is -0.357 e. The van der Waals surface area contributed by atoms with Gasteiger partial charge in [-0.2, -0.15) is 5.26 Å². The van der Waals surface area contributed by atoms with E-state index >= 15 is 0 Å². The van der Waals surface area contributed by atoms with Gasteiger partial charge in [-0.3, -0.25) is 4.79 Å². The molecule has 1 fully saturated rings. The standard InChI is InChI=1S/C22H24N4O/c1-15-6-8-16(9-7-15)14-26-11-10-20(22(26)27)25-21-18(13-23)12-17-4-2-3-5-19(17)24-21/h6-9,12,20H,2-5,10-11,14H2,1H3,(H,24,25). The van der Waals surface area contributed by atoms with Crippen LogP contribution in [-0.2, 0) is 24.2 Å². The molecule has 2 aromatic rings. The number of nitriles is 1. The van der Waals surface area contributed by atoms with Gasteiger partial charge in [-0.05, 0) is 56.2 Å². The lowest BCUT2D eigenvalue weighted by Gasteiger charge is -2.20. The summed E-state index contributed by atoms with van der Waals surface area (Å²) in [6.07, 6.45) is 4.96. The fraction of sp³-hybridized carbons (Fsp3) is 0.409. The van der Waals surface area contributed by atoms with E-state index in [1.54, 1.807) is 0 Å². The zero-order chi connectivity index (χ0) is 18.8. The molecule has 1 aromatic heterocycles. The van der Waals surface area contributed by atoms with Gasteiger partial charge in [0.15, 0.2) is 0 Å². The van der Waals surface area contributed by atoms with Crippen molar-refractivity contribution < 1.29 is 4.79 Å². The lowest BCUT2D eigenvalue weighted by Crippen LogP contribution is -2.33. The van der Waals surface area contributed by atoms with E-state index in [0.717, 1.165) is 49.9 Å². The van der Waals surface area contributed by atoms with Crippen LogP contribution >= 0.6 is 0 Å². The van der Waals surface area contributed by atoms with Crippen LogP contribution in [0.3, 0.4) is 0 Å². The zero-order valence-electron chi connectivity index (χ0n) is 15.7. The van der Waals surface area contributed by atoms with Gasteiger partial charge in [-0.25, -0.2) is 4.98 Å². The maximum Gasteiger partial charge on any atom is 0.245 e. The number of pyridine rings is 1. The molecule has 27 heavy (non-hydrogen) atoms. The largest absolute Gasteiger partial charge is 0.357 e. The monoisotopic (exact) mass is 360 g/mol. The van der Waals surface area contributed by atoms with Crippen LogP contribution in [0.2, 0.25) is 0 Å². The van der Waals surface area contributed by atoms with Crippen LogP contribution in [0.4, 0.5) is 5.82 Å². The number of anilines is 1. The SMILES string of the molecule is Cc1ccc(CN2CCC(Nc3nc4c(cc3C#N)CCCC4)C2=O)cc1. The number of benzene rings is 1. The molecule has 0 spiro atoms. The number of carbonyl (C=O) groups is 1. The number of hydrogen-bond acceptors (Lipinski definition) is 4. The first kappa shape index (κ1) is 17.5. The van der Waals surface area contributed by atoms with E-state index in [0.29, 0.717) is 17.9 Å². The third-order valence-electron chi connectivity index (χ3n) is 5.52. The maximum absolute atomic E-state index is 12.8. The fourth-order valence-electron chi connectivity index (χ4n) is 3.94. The molecule has 1 N–H and O–H groups in total. The Morgan fingerprint density at radius 3 is 2.81 bits per heavy atom. The van der Waals surface area contributed by atoms with E-state index in [2.05, 4.69) is 42.6 Å². The molecule has 5 heteroatoms. The highest BCUT2D eigenvalue weighted by atomic mass is 16.2. The summed E-state index contributed by atoms with van der Waals surface area (Å²) in [4.78, 5) is 19.4. The molecule has 1 saturated heterocycles. The minimum atomic E-state index is -0.309. The highest BCUT2D eigenvalue weighted by molar-refractivity contribution is 5.86. The summed E-state index contributed by atoms with van der Waals surface area (Å²) in [6, 6.07) is 12.2. The topological polar surface area (TPSA) is 69.0 Å². The summed E-state index contributed by atoms with van der Waals surface area (Å²) >= 11 is 0. The Hall–Kier alpha value is -2.87. The second-order valence-electron chi connectivity index (χ2n) is 7.54. The molecular weight excluding hydrogens is 336 g/mol. The fourth-order valence-corrected chi connectivity index (χ4v) is 3.94. The van der Waals surface area contributed by atoms with E-state index in [9.17, 15) is 10.1 Å². The number of hydrogen-bond donors (Lipinski definition) is 1. The van der Waals surface area contributed by atoms with Gasteiger partial charge >= 0.3 is 0 Å². The summed E-state index contributed by atoms with van der Waals surface area (Å²) in [5.41, 5.74) is 5.15. The summed E-state index contributed by atoms with van der Waals surface area (Å²) in [5.74, 6) is 0.646. The first-order chi connectivity index (χ1) is 13.1. The molecule has 2 aliphatic rings. The van der Waals surface area contributed by atoms with E-state index in [1.165, 1.54) is 11.1 Å². The van der Waals surface area contributed by atoms with Gasteiger partial charge in [0.05, 0.1) is 5.56 Å². The third-order valence-corrected chi connectivity index (χ3v) is 5.52. The molecule has 0 radical (unpaired) electrons. The van der Waals surface area contributed by atoms with Crippen LogP contribution in [-0.4, -0.2) is 28.4 Å². The quantitative estimate of drug-likeness (QED) is 0.908. The van der Waals surface area contributed by atoms with Crippen molar-refractivity contribution in [1.82, 2.24) is 9.88 Å². The molecule has 1 aliphatic carbocycles. The maximum atomic E-state index is 12.8. The second kappa shape index (κ2) is 7.40. The van der Waals surface area contributed by atoms with Crippen LogP contribution < -0.4 is 5.32 Å². The number of fused-ring (bicyclic) bond motifs is 1. The number of rotatable bonds is 4. The number of nitrogens with one attached hydrogen (secondary N) is 1. The molecule has 2 heterocycles. The van der Waals surface area contributed by atoms with Crippen LogP contribution in [0.15, 0.2) is 30.3 Å². The average Bonchev–Trinajstić information content (AvgIpc) is 3.02. The predicted molar refractivity (Wildman–Crippen MR) is 104 cm³/mol. The number of carbonyl (C=O) groups excluding carboxylic acids is 1. The lowest BCUT2D eigenvalue weighted by molar-refractivity contribution is -0.128. The zero-order valence-corrected chi connectivity index (χ0v) is 15.7. The third kappa shape index (κ3) is 3.66. The van der Waals surface area contributed by atoms with Crippen molar-refractivity contribution in [3.63, 3.8) is 0 Å². The molecule has 1 aliphatic heterocycles. The molecule has 1 aromatic carbocycles. The average molecular weight is 360 g/mol. The van der Waals surface area contributed by atoms with E-state index in [-0.39, 0.29) is 11.9 Å². The summed E-state index contributed by atoms with van der Waals surface area (Å²) < 4.78 is 0. The number of amides is 1. The minimum absolute atomic E-state index is 0.0824. The molecule has 138 valence electrons. The molecule has 5 nitrogen and oxygen atoms in total. The van der Waals surface area contributed by atoms with Gasteiger partial charge in [0, 0.05) is 18.8 Å². The Bertz CT molecular complexity index is 898. The first-order valence-electron chi connectivity index (χ1n) is 9.68. The summed E-state index contributed by atoms with van der Waals surface area (Å²) in [5, 5.41) is 12.8. The molecule has 1 unspecified atom stereocenters. The highest BCUT2D eigenvalue weighted by Crippen LogP contribution is 2.26. The van der Waals surface area contributed by atoms with Crippen LogP contribution in [0, 0.1) is 18.3 Å². The van der Waals surface area contributed by atoms with Crippen molar-refractivity contribution in [2.45, 2.75) is 51.6 Å². The summed E-state index contributed by atoms with van der Waals surface area (Å²) in [6.45, 7) is 3.40. The first-order valence-corrected chi connectivity index (χ1v) is 9.68. The van der Waals surface area contributed by atoms with Gasteiger partial charge < -0.3 is 10.2 Å². The van der Waals surface area contributed by atoms with Crippen molar-refractivity contribution >= 4 is 11.7 Å². The van der Waals surface area contributed by atoms with Crippen molar-refractivity contribution in [2.24, 2.45) is 0 Å². The van der Waals surface area contributed by atoms with Gasteiger partial charge in [0.2, 0.25) is 5.91 Å². The van der Waals surface area contributed by atoms with Crippen molar-refractivity contribution in [1.29, 1.82) is 5.26 Å². The van der Waals surface area contributed by atoms with Crippen LogP contribution in [0.1, 0.15) is 47.2 Å². The predicted octanol–water partition coefficient (Wildman–Crippen LogP) is 3.35. The van der Waals surface area contributed by atoms with Crippen LogP contribution in [0.5, 0.6) is 0 Å². The number of aryl methyl sites for hydroxylation is 3. The van der Waals surface area contributed by atoms with Gasteiger partial charge in [0.1, 0.15) is 17.9 Å². The Labute approximate surface area is 160 Å². The van der Waals surface area contributed by atoms with E-state index < -0.39 is 0 Å². The van der Waals surface area contributed by atoms with Gasteiger partial charge in [-0.15, -0.1) is 0 Å². The summed E-state index contributed by atoms with van der Waals surface area (Å²) in [7, 11) is 0. The molecule has 1 amide bonds. The normalized spacial score (nSPS) is 18.9. The Balaban J connectivity index is 1.48. The van der Waals surface area contributed by atoms with Crippen LogP contribution in [0.25, 0.3) is 0 Å². The number of aromatic nitrogens is 1. The highest BCUT2D eigenvalue weighted by Gasteiger charge is 2.32. The Kier molecular flexibility index (Phi) is 4.81. The van der Waals surface area contributed by atoms with E-state index in [1.807, 2.05) is 11.0 Å². The number of likely N-dealkylation sites (tertiary alicyclic amines) is 1. The molecule has 0 saturated carbocycles. The smallest absolute Gasteiger partial charge is 0.245 e. The Morgan fingerprint density at radius 2 is 2.04 bits per heavy atom. The van der Waals surface area contributed by atoms with E-state index in [4.69, 9.17) is 4.98 Å². The molecule has 0 bridgehead atoms. The van der Waals surface area contributed by atoms with Crippen molar-refractivity contribution in [3.8, 4) is 6.07 Å². The van der Waals surface area contributed by atoms with Crippen molar-refractivity contribution in [2.75, 3.05) is 11.9 Å². The van der Waals surface area contributed by atoms with Gasteiger partial charge in [0.25, 0.3) is 0 Å². The van der Waals surface area contributed by atoms with Gasteiger partial charge in [-0.1, -0.05) is 29.8 Å². The Morgan fingerprint density at radius 1 is 1.26 bits per heavy atom. The molecule has 4 rings (SSSR count). The van der Waals surface area contributed by atoms with Crippen molar-refractivity contribution in [3.05, 3.63) is 58.3 Å². The number of nitrogens with zero attached hydrogens (tertiary/aromatic N) is 3. The lowest BCUT2D eigenvalue weighted by atomic mass is 9.95. The molecular formula is C22H24N4O. The molecule has 1 atom stereocenters.